The lowest BCUT2D eigenvalue weighted by molar-refractivity contribution is 0.339. The van der Waals surface area contributed by atoms with Crippen LogP contribution in [0.15, 0.2) is 14.1 Å². The van der Waals surface area contributed by atoms with Crippen molar-refractivity contribution in [2.75, 3.05) is 19.6 Å². The van der Waals surface area contributed by atoms with Crippen LogP contribution in [-0.2, 0) is 10.0 Å². The molecule has 2 saturated heterocycles. The van der Waals surface area contributed by atoms with Crippen molar-refractivity contribution in [2.24, 2.45) is 5.92 Å². The summed E-state index contributed by atoms with van der Waals surface area (Å²) >= 11 is 10.4. The number of fused-ring (bicyclic) bond motifs is 1. The van der Waals surface area contributed by atoms with Gasteiger partial charge in [0.1, 0.15) is 4.21 Å². The highest BCUT2D eigenvalue weighted by Crippen LogP contribution is 2.37. The Morgan fingerprint density at radius 1 is 1.47 bits per heavy atom. The number of halogens is 2. The van der Waals surface area contributed by atoms with E-state index in [0.29, 0.717) is 38.1 Å². The Labute approximate surface area is 130 Å². The molecule has 0 aromatic carbocycles. The molecular formula is C11H14BrClN2O2S2. The second kappa shape index (κ2) is 5.27. The van der Waals surface area contributed by atoms with Crippen molar-refractivity contribution in [1.82, 2.24) is 9.62 Å². The first-order valence-corrected chi connectivity index (χ1v) is 9.59. The monoisotopic (exact) mass is 384 g/mol. The minimum Gasteiger partial charge on any atom is -0.312 e. The third-order valence-electron chi connectivity index (χ3n) is 3.78. The molecule has 2 fully saturated rings. The van der Waals surface area contributed by atoms with Gasteiger partial charge in [0.05, 0.1) is 8.81 Å². The largest absolute Gasteiger partial charge is 0.312 e. The summed E-state index contributed by atoms with van der Waals surface area (Å²) < 4.78 is 27.7. The molecule has 2 aliphatic rings. The first kappa shape index (κ1) is 14.3. The zero-order valence-electron chi connectivity index (χ0n) is 10.1. The summed E-state index contributed by atoms with van der Waals surface area (Å²) in [5.41, 5.74) is 0. The standard InChI is InChI=1S/C11H14BrClN2O2S2/c12-11-8(13)4-10(18-11)19(16,17)15-5-7-2-1-3-14-9(7)6-15/h4,7,9,14H,1-3,5-6H2. The van der Waals surface area contributed by atoms with Crippen LogP contribution in [0.5, 0.6) is 0 Å². The lowest BCUT2D eigenvalue weighted by atomic mass is 9.94. The molecule has 8 heteroatoms. The van der Waals surface area contributed by atoms with Crippen molar-refractivity contribution in [3.05, 3.63) is 14.9 Å². The Kier molecular flexibility index (Phi) is 3.96. The number of nitrogens with one attached hydrogen (secondary N) is 1. The summed E-state index contributed by atoms with van der Waals surface area (Å²) in [6.07, 6.45) is 2.24. The Morgan fingerprint density at radius 3 is 2.89 bits per heavy atom. The summed E-state index contributed by atoms with van der Waals surface area (Å²) in [5, 5.41) is 3.87. The van der Waals surface area contributed by atoms with E-state index in [2.05, 4.69) is 21.2 Å². The molecule has 0 aliphatic carbocycles. The van der Waals surface area contributed by atoms with Crippen molar-refractivity contribution < 1.29 is 8.42 Å². The van der Waals surface area contributed by atoms with Gasteiger partial charge in [0, 0.05) is 19.1 Å². The summed E-state index contributed by atoms with van der Waals surface area (Å²) in [6.45, 7) is 2.18. The molecule has 2 atom stereocenters. The molecule has 0 bridgehead atoms. The maximum Gasteiger partial charge on any atom is 0.252 e. The highest BCUT2D eigenvalue weighted by atomic mass is 79.9. The van der Waals surface area contributed by atoms with Crippen LogP contribution in [0.25, 0.3) is 0 Å². The fraction of sp³-hybridized carbons (Fsp3) is 0.636. The van der Waals surface area contributed by atoms with Crippen LogP contribution in [0.4, 0.5) is 0 Å². The van der Waals surface area contributed by atoms with E-state index in [1.165, 1.54) is 17.4 Å². The topological polar surface area (TPSA) is 49.4 Å². The Bertz CT molecular complexity index is 556. The second-order valence-electron chi connectivity index (χ2n) is 4.97. The normalized spacial score (nSPS) is 28.5. The van der Waals surface area contributed by atoms with Gasteiger partial charge >= 0.3 is 0 Å². The summed E-state index contributed by atoms with van der Waals surface area (Å²) in [5.74, 6) is 0.447. The van der Waals surface area contributed by atoms with E-state index in [4.69, 9.17) is 11.6 Å². The summed E-state index contributed by atoms with van der Waals surface area (Å²) in [6, 6.07) is 1.84. The van der Waals surface area contributed by atoms with E-state index < -0.39 is 10.0 Å². The van der Waals surface area contributed by atoms with Crippen molar-refractivity contribution >= 4 is 48.9 Å². The summed E-state index contributed by atoms with van der Waals surface area (Å²) in [7, 11) is -3.40. The van der Waals surface area contributed by atoms with E-state index in [1.54, 1.807) is 4.31 Å². The second-order valence-corrected chi connectivity index (χ2v) is 9.91. The minimum absolute atomic E-state index is 0.308. The van der Waals surface area contributed by atoms with Gasteiger partial charge in [-0.25, -0.2) is 8.42 Å². The maximum atomic E-state index is 12.6. The molecule has 0 spiro atoms. The molecule has 0 radical (unpaired) electrons. The van der Waals surface area contributed by atoms with Gasteiger partial charge in [0.15, 0.2) is 0 Å². The lowest BCUT2D eigenvalue weighted by Crippen LogP contribution is -2.41. The van der Waals surface area contributed by atoms with Crippen LogP contribution in [0, 0.1) is 5.92 Å². The Morgan fingerprint density at radius 2 is 2.26 bits per heavy atom. The van der Waals surface area contributed by atoms with Gasteiger partial charge in [0.25, 0.3) is 10.0 Å². The summed E-state index contributed by atoms with van der Waals surface area (Å²) in [4.78, 5) is 0. The van der Waals surface area contributed by atoms with Crippen LogP contribution in [0.2, 0.25) is 5.02 Å². The number of thiophene rings is 1. The lowest BCUT2D eigenvalue weighted by Gasteiger charge is -2.24. The number of hydrogen-bond acceptors (Lipinski definition) is 4. The van der Waals surface area contributed by atoms with E-state index in [0.717, 1.165) is 19.4 Å². The van der Waals surface area contributed by atoms with Crippen LogP contribution in [0.1, 0.15) is 12.8 Å². The van der Waals surface area contributed by atoms with E-state index in [1.807, 2.05) is 0 Å². The van der Waals surface area contributed by atoms with Gasteiger partial charge in [-0.3, -0.25) is 0 Å². The first-order valence-electron chi connectivity index (χ1n) is 6.17. The average Bonchev–Trinajstić information content (AvgIpc) is 2.94. The maximum absolute atomic E-state index is 12.6. The number of hydrogen-bond donors (Lipinski definition) is 1. The molecule has 0 amide bonds. The Balaban J connectivity index is 1.85. The van der Waals surface area contributed by atoms with Gasteiger partial charge in [-0.1, -0.05) is 11.6 Å². The van der Waals surface area contributed by atoms with Gasteiger partial charge in [-0.15, -0.1) is 11.3 Å². The highest BCUT2D eigenvalue weighted by molar-refractivity contribution is 9.11. The number of piperidine rings is 1. The van der Waals surface area contributed by atoms with E-state index in [9.17, 15) is 8.42 Å². The van der Waals surface area contributed by atoms with Crippen LogP contribution < -0.4 is 5.32 Å². The third-order valence-corrected chi connectivity index (χ3v) is 8.54. The Hall–Kier alpha value is 0.340. The van der Waals surface area contributed by atoms with Crippen LogP contribution in [-0.4, -0.2) is 38.4 Å². The molecular weight excluding hydrogens is 372 g/mol. The molecule has 3 heterocycles. The zero-order chi connectivity index (χ0) is 13.6. The molecule has 19 heavy (non-hydrogen) atoms. The van der Waals surface area contributed by atoms with E-state index >= 15 is 0 Å². The first-order chi connectivity index (χ1) is 8.98. The smallest absolute Gasteiger partial charge is 0.252 e. The molecule has 1 N–H and O–H groups in total. The predicted molar refractivity (Wildman–Crippen MR) is 80.3 cm³/mol. The fourth-order valence-electron chi connectivity index (χ4n) is 2.78. The van der Waals surface area contributed by atoms with Gasteiger partial charge < -0.3 is 5.32 Å². The quantitative estimate of drug-likeness (QED) is 0.851. The molecule has 106 valence electrons. The van der Waals surface area contributed by atoms with Crippen molar-refractivity contribution in [2.45, 2.75) is 23.1 Å². The molecule has 2 unspecified atom stereocenters. The highest BCUT2D eigenvalue weighted by Gasteiger charge is 2.40. The van der Waals surface area contributed by atoms with Crippen molar-refractivity contribution in [1.29, 1.82) is 0 Å². The number of sulfonamides is 1. The predicted octanol–water partition coefficient (Wildman–Crippen LogP) is 2.54. The third kappa shape index (κ3) is 2.61. The van der Waals surface area contributed by atoms with Gasteiger partial charge in [-0.2, -0.15) is 4.31 Å². The van der Waals surface area contributed by atoms with Gasteiger partial charge in [-0.05, 0) is 47.3 Å². The van der Waals surface area contributed by atoms with E-state index in [-0.39, 0.29) is 0 Å². The average molecular weight is 386 g/mol. The molecule has 1 aromatic heterocycles. The molecule has 2 aliphatic heterocycles. The molecule has 1 aromatic rings. The zero-order valence-corrected chi connectivity index (χ0v) is 14.1. The van der Waals surface area contributed by atoms with Crippen LogP contribution in [0.3, 0.4) is 0 Å². The molecule has 0 saturated carbocycles. The number of nitrogens with zero attached hydrogens (tertiary/aromatic N) is 1. The van der Waals surface area contributed by atoms with Crippen molar-refractivity contribution in [3.63, 3.8) is 0 Å². The minimum atomic E-state index is -3.40. The van der Waals surface area contributed by atoms with Crippen LogP contribution >= 0.6 is 38.9 Å². The number of rotatable bonds is 2. The fourth-order valence-corrected chi connectivity index (χ4v) is 6.86. The van der Waals surface area contributed by atoms with Crippen molar-refractivity contribution in [3.8, 4) is 0 Å². The SMILES string of the molecule is O=S(=O)(c1cc(Cl)c(Br)s1)N1CC2CCCNC2C1. The molecule has 3 rings (SSSR count). The molecule has 4 nitrogen and oxygen atoms in total. The van der Waals surface area contributed by atoms with Gasteiger partial charge in [0.2, 0.25) is 0 Å².